The molecule has 0 aliphatic heterocycles. The zero-order valence-corrected chi connectivity index (χ0v) is 18.9. The maximum atomic E-state index is 12.1. The summed E-state index contributed by atoms with van der Waals surface area (Å²) < 4.78 is 26.8. The summed E-state index contributed by atoms with van der Waals surface area (Å²) in [5.41, 5.74) is 10.5. The lowest BCUT2D eigenvalue weighted by atomic mass is 9.90. The van der Waals surface area contributed by atoms with E-state index in [9.17, 15) is 8.42 Å². The molecular formula is C20H27IN4O2S. The van der Waals surface area contributed by atoms with Crippen LogP contribution in [0.15, 0.2) is 53.5 Å². The Morgan fingerprint density at radius 3 is 2.57 bits per heavy atom. The topological polar surface area (TPSA) is 96.6 Å². The van der Waals surface area contributed by atoms with E-state index in [1.165, 1.54) is 24.0 Å². The summed E-state index contributed by atoms with van der Waals surface area (Å²) in [5.74, 6) is 0.141. The van der Waals surface area contributed by atoms with Gasteiger partial charge in [0, 0.05) is 12.2 Å². The maximum Gasteiger partial charge on any atom is 0.213 e. The Hall–Kier alpha value is -1.65. The SMILES string of the molecule is I.NC(=NCCS(=O)(=O)NCc1ccccc1)Nc1cccc2c1CCCC2. The lowest BCUT2D eigenvalue weighted by Crippen LogP contribution is -2.29. The highest BCUT2D eigenvalue weighted by Gasteiger charge is 2.13. The highest BCUT2D eigenvalue weighted by molar-refractivity contribution is 14.0. The average molecular weight is 514 g/mol. The summed E-state index contributed by atoms with van der Waals surface area (Å²) in [7, 11) is -3.40. The fourth-order valence-electron chi connectivity index (χ4n) is 3.22. The van der Waals surface area contributed by atoms with Gasteiger partial charge < -0.3 is 11.1 Å². The van der Waals surface area contributed by atoms with E-state index < -0.39 is 10.0 Å². The van der Waals surface area contributed by atoms with Gasteiger partial charge in [0.2, 0.25) is 10.0 Å². The Morgan fingerprint density at radius 1 is 1.04 bits per heavy atom. The molecule has 6 nitrogen and oxygen atoms in total. The van der Waals surface area contributed by atoms with E-state index in [0.717, 1.165) is 24.1 Å². The standard InChI is InChI=1S/C20H26N4O2S.HI/c21-20(24-19-12-6-10-17-9-4-5-11-18(17)19)22-13-14-27(25,26)23-15-16-7-2-1-3-8-16;/h1-3,6-8,10,12,23H,4-5,9,11,13-15H2,(H3,21,22,24);1H. The van der Waals surface area contributed by atoms with E-state index in [1.54, 1.807) is 0 Å². The summed E-state index contributed by atoms with van der Waals surface area (Å²) in [5, 5.41) is 3.13. The zero-order valence-electron chi connectivity index (χ0n) is 15.7. The van der Waals surface area contributed by atoms with E-state index in [1.807, 2.05) is 42.5 Å². The molecule has 0 amide bonds. The highest BCUT2D eigenvalue weighted by Crippen LogP contribution is 2.27. The van der Waals surface area contributed by atoms with Gasteiger partial charge in [-0.05, 0) is 48.4 Å². The molecule has 3 rings (SSSR count). The van der Waals surface area contributed by atoms with Gasteiger partial charge in [0.05, 0.1) is 12.3 Å². The van der Waals surface area contributed by atoms with Crippen LogP contribution in [0.2, 0.25) is 0 Å². The molecule has 0 radical (unpaired) electrons. The summed E-state index contributed by atoms with van der Waals surface area (Å²) >= 11 is 0. The van der Waals surface area contributed by atoms with Crippen molar-refractivity contribution >= 4 is 45.6 Å². The number of aliphatic imine (C=N–C) groups is 1. The number of aryl methyl sites for hydroxylation is 1. The second kappa shape index (κ2) is 10.8. The molecule has 0 fully saturated rings. The third-order valence-corrected chi connectivity index (χ3v) is 5.94. The first kappa shape index (κ1) is 22.6. The molecule has 0 aromatic heterocycles. The van der Waals surface area contributed by atoms with Gasteiger partial charge in [-0.15, -0.1) is 24.0 Å². The first-order chi connectivity index (χ1) is 13.0. The predicted molar refractivity (Wildman–Crippen MR) is 126 cm³/mol. The van der Waals surface area contributed by atoms with Gasteiger partial charge in [-0.3, -0.25) is 4.99 Å². The molecular weight excluding hydrogens is 487 g/mol. The van der Waals surface area contributed by atoms with Gasteiger partial charge in [-0.2, -0.15) is 0 Å². The van der Waals surface area contributed by atoms with Crippen LogP contribution < -0.4 is 15.8 Å². The van der Waals surface area contributed by atoms with Crippen molar-refractivity contribution in [3.8, 4) is 0 Å². The van der Waals surface area contributed by atoms with Crippen LogP contribution in [-0.4, -0.2) is 26.7 Å². The minimum absolute atomic E-state index is 0. The molecule has 1 aliphatic rings. The van der Waals surface area contributed by atoms with Crippen molar-refractivity contribution in [1.29, 1.82) is 0 Å². The fraction of sp³-hybridized carbons (Fsp3) is 0.350. The molecule has 0 unspecified atom stereocenters. The predicted octanol–water partition coefficient (Wildman–Crippen LogP) is 3.03. The molecule has 28 heavy (non-hydrogen) atoms. The third-order valence-electron chi connectivity index (χ3n) is 4.64. The smallest absolute Gasteiger partial charge is 0.213 e. The van der Waals surface area contributed by atoms with Gasteiger partial charge in [0.15, 0.2) is 5.96 Å². The molecule has 4 N–H and O–H groups in total. The molecule has 0 heterocycles. The Morgan fingerprint density at radius 2 is 1.79 bits per heavy atom. The molecule has 0 atom stereocenters. The van der Waals surface area contributed by atoms with E-state index in [-0.39, 0.29) is 48.8 Å². The minimum Gasteiger partial charge on any atom is -0.370 e. The number of halogens is 1. The van der Waals surface area contributed by atoms with Crippen molar-refractivity contribution in [3.05, 3.63) is 65.2 Å². The fourth-order valence-corrected chi connectivity index (χ4v) is 4.09. The Balaban J connectivity index is 0.00000280. The lowest BCUT2D eigenvalue weighted by Gasteiger charge is -2.19. The van der Waals surface area contributed by atoms with E-state index in [4.69, 9.17) is 5.73 Å². The van der Waals surface area contributed by atoms with Crippen molar-refractivity contribution in [2.45, 2.75) is 32.2 Å². The Bertz CT molecular complexity index is 902. The Labute approximate surface area is 184 Å². The molecule has 1 aliphatic carbocycles. The van der Waals surface area contributed by atoms with Crippen LogP contribution in [0.25, 0.3) is 0 Å². The van der Waals surface area contributed by atoms with Gasteiger partial charge in [0.1, 0.15) is 0 Å². The molecule has 0 spiro atoms. The van der Waals surface area contributed by atoms with Crippen LogP contribution in [0.1, 0.15) is 29.5 Å². The molecule has 0 saturated heterocycles. The van der Waals surface area contributed by atoms with Crippen LogP contribution in [0.3, 0.4) is 0 Å². The van der Waals surface area contributed by atoms with Crippen LogP contribution in [0.5, 0.6) is 0 Å². The van der Waals surface area contributed by atoms with Gasteiger partial charge in [0.25, 0.3) is 0 Å². The van der Waals surface area contributed by atoms with Crippen molar-refractivity contribution in [1.82, 2.24) is 4.72 Å². The van der Waals surface area contributed by atoms with Crippen LogP contribution >= 0.6 is 24.0 Å². The van der Waals surface area contributed by atoms with Crippen molar-refractivity contribution in [2.75, 3.05) is 17.6 Å². The summed E-state index contributed by atoms with van der Waals surface area (Å²) in [6.45, 7) is 0.384. The van der Waals surface area contributed by atoms with E-state index >= 15 is 0 Å². The summed E-state index contributed by atoms with van der Waals surface area (Å²) in [6, 6.07) is 15.6. The Kier molecular flexibility index (Phi) is 8.71. The number of sulfonamides is 1. The largest absolute Gasteiger partial charge is 0.370 e. The zero-order chi connectivity index (χ0) is 19.1. The van der Waals surface area contributed by atoms with Gasteiger partial charge in [-0.25, -0.2) is 13.1 Å². The third kappa shape index (κ3) is 6.75. The first-order valence-corrected chi connectivity index (χ1v) is 10.9. The number of anilines is 1. The molecule has 2 aromatic carbocycles. The number of rotatable bonds is 7. The number of benzene rings is 2. The van der Waals surface area contributed by atoms with Crippen LogP contribution in [0, 0.1) is 0 Å². The molecule has 8 heteroatoms. The lowest BCUT2D eigenvalue weighted by molar-refractivity contribution is 0.581. The number of fused-ring (bicyclic) bond motifs is 1. The number of guanidine groups is 1. The first-order valence-electron chi connectivity index (χ1n) is 9.22. The monoisotopic (exact) mass is 514 g/mol. The summed E-state index contributed by atoms with van der Waals surface area (Å²) in [6.07, 6.45) is 4.51. The number of hydrogen-bond donors (Lipinski definition) is 3. The van der Waals surface area contributed by atoms with E-state index in [2.05, 4.69) is 21.1 Å². The van der Waals surface area contributed by atoms with Crippen LogP contribution in [0.4, 0.5) is 5.69 Å². The average Bonchev–Trinajstić information content (AvgIpc) is 2.67. The number of nitrogens with two attached hydrogens (primary N) is 1. The molecule has 152 valence electrons. The minimum atomic E-state index is -3.40. The van der Waals surface area contributed by atoms with Gasteiger partial charge in [-0.1, -0.05) is 42.5 Å². The number of nitrogens with one attached hydrogen (secondary N) is 2. The number of nitrogens with zero attached hydrogens (tertiary/aromatic N) is 1. The van der Waals surface area contributed by atoms with Crippen molar-refractivity contribution < 1.29 is 8.42 Å². The highest BCUT2D eigenvalue weighted by atomic mass is 127. The summed E-state index contributed by atoms with van der Waals surface area (Å²) in [4.78, 5) is 4.17. The van der Waals surface area contributed by atoms with Gasteiger partial charge >= 0.3 is 0 Å². The maximum absolute atomic E-state index is 12.1. The van der Waals surface area contributed by atoms with E-state index in [0.29, 0.717) is 0 Å². The quantitative estimate of drug-likeness (QED) is 0.301. The second-order valence-electron chi connectivity index (χ2n) is 6.67. The van der Waals surface area contributed by atoms with Crippen molar-refractivity contribution in [2.24, 2.45) is 10.7 Å². The molecule has 0 bridgehead atoms. The number of hydrogen-bond acceptors (Lipinski definition) is 3. The normalized spacial score (nSPS) is 14.1. The second-order valence-corrected chi connectivity index (χ2v) is 8.59. The van der Waals surface area contributed by atoms with Crippen molar-refractivity contribution in [3.63, 3.8) is 0 Å². The molecule has 0 saturated carbocycles. The van der Waals surface area contributed by atoms with Crippen LogP contribution in [-0.2, 0) is 29.4 Å². The molecule has 2 aromatic rings.